The van der Waals surface area contributed by atoms with Crippen LogP contribution in [-0.2, 0) is 11.3 Å². The van der Waals surface area contributed by atoms with Crippen LogP contribution in [0.4, 0.5) is 5.82 Å². The number of hydrogen-bond donors (Lipinski definition) is 1. The lowest BCUT2D eigenvalue weighted by Crippen LogP contribution is -2.03. The highest BCUT2D eigenvalue weighted by molar-refractivity contribution is 9.10. The number of methoxy groups -OCH3 is 1. The summed E-state index contributed by atoms with van der Waals surface area (Å²) in [7, 11) is 1.36. The third kappa shape index (κ3) is 2.70. The molecule has 0 aliphatic carbocycles. The van der Waals surface area contributed by atoms with E-state index in [0.29, 0.717) is 17.9 Å². The molecule has 0 aliphatic rings. The van der Waals surface area contributed by atoms with Crippen LogP contribution < -0.4 is 5.73 Å². The van der Waals surface area contributed by atoms with Crippen LogP contribution in [-0.4, -0.2) is 22.9 Å². The molecule has 2 N–H and O–H groups in total. The first-order valence-electron chi connectivity index (χ1n) is 5.26. The third-order valence-corrected chi connectivity index (χ3v) is 3.07. The molecule has 1 aromatic heterocycles. The highest BCUT2D eigenvalue weighted by Crippen LogP contribution is 2.17. The number of anilines is 1. The maximum Gasteiger partial charge on any atom is 0.337 e. The maximum atomic E-state index is 11.3. The minimum Gasteiger partial charge on any atom is -0.465 e. The van der Waals surface area contributed by atoms with Gasteiger partial charge in [0.1, 0.15) is 0 Å². The quantitative estimate of drug-likeness (QED) is 0.881. The molecule has 1 heterocycles. The highest BCUT2D eigenvalue weighted by atomic mass is 79.9. The van der Waals surface area contributed by atoms with Crippen molar-refractivity contribution in [1.82, 2.24) is 9.78 Å². The van der Waals surface area contributed by atoms with Crippen molar-refractivity contribution in [2.45, 2.75) is 6.54 Å². The Morgan fingerprint density at radius 3 is 2.61 bits per heavy atom. The summed E-state index contributed by atoms with van der Waals surface area (Å²) in [5.74, 6) is 0.119. The summed E-state index contributed by atoms with van der Waals surface area (Å²) in [6.45, 7) is 0.594. The van der Waals surface area contributed by atoms with Crippen molar-refractivity contribution in [2.24, 2.45) is 0 Å². The first-order valence-corrected chi connectivity index (χ1v) is 6.05. The van der Waals surface area contributed by atoms with Gasteiger partial charge in [0.15, 0.2) is 5.82 Å². The van der Waals surface area contributed by atoms with Gasteiger partial charge in [0.25, 0.3) is 0 Å². The summed E-state index contributed by atoms with van der Waals surface area (Å²) < 4.78 is 7.13. The minimum atomic E-state index is -0.340. The zero-order valence-corrected chi connectivity index (χ0v) is 11.3. The van der Waals surface area contributed by atoms with Crippen molar-refractivity contribution in [3.05, 3.63) is 46.1 Å². The molecule has 0 amide bonds. The van der Waals surface area contributed by atoms with Crippen LogP contribution >= 0.6 is 15.9 Å². The highest BCUT2D eigenvalue weighted by Gasteiger charge is 2.06. The summed E-state index contributed by atoms with van der Waals surface area (Å²) in [6.07, 6.45) is 1.81. The number of benzene rings is 1. The fourth-order valence-electron chi connectivity index (χ4n) is 1.54. The molecular formula is C12H12BrN3O2. The van der Waals surface area contributed by atoms with E-state index < -0.39 is 0 Å². The Morgan fingerprint density at radius 2 is 2.11 bits per heavy atom. The molecule has 0 spiro atoms. The molecule has 18 heavy (non-hydrogen) atoms. The largest absolute Gasteiger partial charge is 0.465 e. The standard InChI is InChI=1S/C12H12BrN3O2/c1-18-12(17)9-4-2-8(3-5-9)6-16-7-10(13)11(14)15-16/h2-5,7H,6H2,1H3,(H2,14,15). The lowest BCUT2D eigenvalue weighted by atomic mass is 10.1. The smallest absolute Gasteiger partial charge is 0.337 e. The molecule has 2 rings (SSSR count). The van der Waals surface area contributed by atoms with Crippen LogP contribution in [0.2, 0.25) is 0 Å². The Bertz CT molecular complexity index is 544. The number of esters is 1. The molecule has 0 radical (unpaired) electrons. The number of aromatic nitrogens is 2. The molecule has 5 nitrogen and oxygen atoms in total. The van der Waals surface area contributed by atoms with Gasteiger partial charge in [-0.25, -0.2) is 4.79 Å². The van der Waals surface area contributed by atoms with Gasteiger partial charge in [-0.15, -0.1) is 0 Å². The van der Waals surface area contributed by atoms with Gasteiger partial charge < -0.3 is 10.5 Å². The van der Waals surface area contributed by atoms with E-state index in [-0.39, 0.29) is 5.97 Å². The zero-order valence-electron chi connectivity index (χ0n) is 9.76. The topological polar surface area (TPSA) is 70.1 Å². The Labute approximate surface area is 113 Å². The average molecular weight is 310 g/mol. The van der Waals surface area contributed by atoms with E-state index in [4.69, 9.17) is 5.73 Å². The maximum absolute atomic E-state index is 11.3. The Balaban J connectivity index is 2.13. The van der Waals surface area contributed by atoms with Crippen molar-refractivity contribution in [3.8, 4) is 0 Å². The molecule has 6 heteroatoms. The second-order valence-corrected chi connectivity index (χ2v) is 4.60. The molecule has 0 bridgehead atoms. The van der Waals surface area contributed by atoms with Gasteiger partial charge in [0.2, 0.25) is 0 Å². The summed E-state index contributed by atoms with van der Waals surface area (Å²) in [5.41, 5.74) is 7.19. The molecule has 94 valence electrons. The number of halogens is 1. The second-order valence-electron chi connectivity index (χ2n) is 3.75. The number of rotatable bonds is 3. The van der Waals surface area contributed by atoms with Crippen LogP contribution in [0.5, 0.6) is 0 Å². The predicted molar refractivity (Wildman–Crippen MR) is 71.2 cm³/mol. The number of nitrogen functional groups attached to an aromatic ring is 1. The predicted octanol–water partition coefficient (Wildman–Crippen LogP) is 2.06. The van der Waals surface area contributed by atoms with Gasteiger partial charge in [-0.1, -0.05) is 12.1 Å². The third-order valence-electron chi connectivity index (χ3n) is 2.46. The molecule has 0 saturated heterocycles. The fraction of sp³-hybridized carbons (Fsp3) is 0.167. The minimum absolute atomic E-state index is 0.340. The van der Waals surface area contributed by atoms with Crippen molar-refractivity contribution in [1.29, 1.82) is 0 Å². The molecule has 0 aliphatic heterocycles. The van der Waals surface area contributed by atoms with Gasteiger partial charge in [0.05, 0.1) is 23.7 Å². The van der Waals surface area contributed by atoms with Gasteiger partial charge in [-0.2, -0.15) is 5.10 Å². The summed E-state index contributed by atoms with van der Waals surface area (Å²) in [5, 5.41) is 4.14. The number of carbonyl (C=O) groups is 1. The average Bonchev–Trinajstić information content (AvgIpc) is 2.68. The number of nitrogens with two attached hydrogens (primary N) is 1. The SMILES string of the molecule is COC(=O)c1ccc(Cn2cc(Br)c(N)n2)cc1. The Hall–Kier alpha value is -1.82. The first kappa shape index (κ1) is 12.6. The molecular weight excluding hydrogens is 298 g/mol. The number of carbonyl (C=O) groups excluding carboxylic acids is 1. The molecule has 0 fully saturated rings. The molecule has 0 atom stereocenters. The van der Waals surface area contributed by atoms with E-state index in [9.17, 15) is 4.79 Å². The van der Waals surface area contributed by atoms with Crippen LogP contribution in [0.15, 0.2) is 34.9 Å². The van der Waals surface area contributed by atoms with Gasteiger partial charge in [-0.05, 0) is 33.6 Å². The summed E-state index contributed by atoms with van der Waals surface area (Å²) in [6, 6.07) is 7.17. The summed E-state index contributed by atoms with van der Waals surface area (Å²) >= 11 is 3.30. The van der Waals surface area contributed by atoms with E-state index in [0.717, 1.165) is 10.0 Å². The van der Waals surface area contributed by atoms with Crippen LogP contribution in [0, 0.1) is 0 Å². The Morgan fingerprint density at radius 1 is 1.44 bits per heavy atom. The lowest BCUT2D eigenvalue weighted by molar-refractivity contribution is 0.0600. The van der Waals surface area contributed by atoms with E-state index in [1.54, 1.807) is 16.8 Å². The zero-order chi connectivity index (χ0) is 13.1. The molecule has 1 aromatic carbocycles. The van der Waals surface area contributed by atoms with E-state index in [1.165, 1.54) is 7.11 Å². The number of nitrogens with zero attached hydrogens (tertiary/aromatic N) is 2. The van der Waals surface area contributed by atoms with Gasteiger partial charge in [-0.3, -0.25) is 4.68 Å². The van der Waals surface area contributed by atoms with Crippen LogP contribution in [0.25, 0.3) is 0 Å². The first-order chi connectivity index (χ1) is 8.60. The molecule has 2 aromatic rings. The molecule has 0 unspecified atom stereocenters. The van der Waals surface area contributed by atoms with Crippen molar-refractivity contribution < 1.29 is 9.53 Å². The van der Waals surface area contributed by atoms with Crippen LogP contribution in [0.3, 0.4) is 0 Å². The van der Waals surface area contributed by atoms with Crippen molar-refractivity contribution in [2.75, 3.05) is 12.8 Å². The van der Waals surface area contributed by atoms with E-state index >= 15 is 0 Å². The number of hydrogen-bond acceptors (Lipinski definition) is 4. The Kier molecular flexibility index (Phi) is 3.66. The van der Waals surface area contributed by atoms with Crippen molar-refractivity contribution >= 4 is 27.7 Å². The van der Waals surface area contributed by atoms with Crippen molar-refractivity contribution in [3.63, 3.8) is 0 Å². The fourth-order valence-corrected chi connectivity index (χ4v) is 1.86. The van der Waals surface area contributed by atoms with E-state index in [2.05, 4.69) is 25.8 Å². The van der Waals surface area contributed by atoms with Gasteiger partial charge in [0, 0.05) is 6.20 Å². The van der Waals surface area contributed by atoms with E-state index in [1.807, 2.05) is 18.3 Å². The molecule has 0 saturated carbocycles. The monoisotopic (exact) mass is 309 g/mol. The number of ether oxygens (including phenoxy) is 1. The lowest BCUT2D eigenvalue weighted by Gasteiger charge is -2.03. The second kappa shape index (κ2) is 5.22. The summed E-state index contributed by atoms with van der Waals surface area (Å²) in [4.78, 5) is 11.3. The van der Waals surface area contributed by atoms with Gasteiger partial charge >= 0.3 is 5.97 Å². The van der Waals surface area contributed by atoms with Crippen LogP contribution in [0.1, 0.15) is 15.9 Å². The normalized spacial score (nSPS) is 10.3.